The molecule has 0 unspecified atom stereocenters. The van der Waals surface area contributed by atoms with Crippen LogP contribution >= 0.6 is 0 Å². The van der Waals surface area contributed by atoms with Gasteiger partial charge in [0.25, 0.3) is 5.91 Å². The van der Waals surface area contributed by atoms with E-state index < -0.39 is 0 Å². The first kappa shape index (κ1) is 16.1. The number of fused-ring (bicyclic) bond motifs is 1. The molecule has 4 rings (SSSR count). The number of carbonyl (C=O) groups is 1. The molecule has 1 aliphatic carbocycles. The fourth-order valence-electron chi connectivity index (χ4n) is 2.70. The lowest BCUT2D eigenvalue weighted by molar-refractivity contribution is -0.563. The van der Waals surface area contributed by atoms with Crippen LogP contribution in [0.15, 0.2) is 30.6 Å². The van der Waals surface area contributed by atoms with E-state index in [1.54, 1.807) is 31.1 Å². The van der Waals surface area contributed by atoms with Crippen LogP contribution in [-0.2, 0) is 0 Å². The lowest BCUT2D eigenvalue weighted by Crippen LogP contribution is -2.30. The minimum absolute atomic E-state index is 0.128. The topological polar surface area (TPSA) is 108 Å². The highest BCUT2D eigenvalue weighted by Gasteiger charge is 2.28. The lowest BCUT2D eigenvalue weighted by Gasteiger charge is -2.08. The van der Waals surface area contributed by atoms with Crippen molar-refractivity contribution in [3.05, 3.63) is 36.2 Å². The molecule has 0 saturated heterocycles. The van der Waals surface area contributed by atoms with Gasteiger partial charge in [0.15, 0.2) is 0 Å². The predicted molar refractivity (Wildman–Crippen MR) is 95.9 cm³/mol. The molecule has 0 atom stereocenters. The summed E-state index contributed by atoms with van der Waals surface area (Å²) in [7, 11) is 3.37. The number of aromatic nitrogens is 4. The maximum atomic E-state index is 12.5. The number of methoxy groups -OCH3 is 1. The number of nitrogens with zero attached hydrogens (tertiary/aromatic N) is 3. The number of hydrogen-bond acceptors (Lipinski definition) is 6. The van der Waals surface area contributed by atoms with Gasteiger partial charge in [0.2, 0.25) is 17.5 Å². The Bertz CT molecular complexity index is 965. The van der Waals surface area contributed by atoms with Crippen LogP contribution in [-0.4, -0.2) is 41.2 Å². The molecule has 1 aliphatic rings. The largest absolute Gasteiger partial charge is 0.480 e. The maximum absolute atomic E-state index is 12.5. The van der Waals surface area contributed by atoms with E-state index in [4.69, 9.17) is 4.74 Å². The molecule has 3 aromatic heterocycles. The molecule has 3 aromatic rings. The molecule has 0 aliphatic heterocycles. The fourth-order valence-corrected chi connectivity index (χ4v) is 2.70. The number of ether oxygens (including phenoxy) is 1. The van der Waals surface area contributed by atoms with Crippen LogP contribution in [0.5, 0.6) is 5.88 Å². The first-order valence-corrected chi connectivity index (χ1v) is 8.38. The van der Waals surface area contributed by atoms with E-state index in [2.05, 4.69) is 31.0 Å². The van der Waals surface area contributed by atoms with E-state index in [-0.39, 0.29) is 11.9 Å². The summed E-state index contributed by atoms with van der Waals surface area (Å²) >= 11 is 0. The highest BCUT2D eigenvalue weighted by Crippen LogP contribution is 2.25. The van der Waals surface area contributed by atoms with Gasteiger partial charge in [0.1, 0.15) is 11.3 Å². The van der Waals surface area contributed by atoms with Crippen molar-refractivity contribution >= 4 is 28.9 Å². The van der Waals surface area contributed by atoms with Gasteiger partial charge in [0, 0.05) is 19.3 Å². The number of amides is 1. The standard InChI is InChI=1S/C17H19N7O2/c1-18-14-8-13(22-12-4-3-7-19-17(12)26-2)23-15-11(9-20-24(14)15)16(25)21-10-5-6-10/h3-4,7-10H,5-6H2,1-2H3,(H3,18,20,21,22,23,25)/p+1. The summed E-state index contributed by atoms with van der Waals surface area (Å²) in [6.07, 6.45) is 5.38. The molecule has 134 valence electrons. The van der Waals surface area contributed by atoms with Crippen molar-refractivity contribution in [3.8, 4) is 5.88 Å². The second-order valence-electron chi connectivity index (χ2n) is 6.06. The van der Waals surface area contributed by atoms with E-state index >= 15 is 0 Å². The molecule has 9 nitrogen and oxygen atoms in total. The minimum atomic E-state index is -0.128. The summed E-state index contributed by atoms with van der Waals surface area (Å²) in [5, 5.41) is 12.4. The molecule has 9 heteroatoms. The highest BCUT2D eigenvalue weighted by atomic mass is 16.5. The lowest BCUT2D eigenvalue weighted by atomic mass is 10.3. The second kappa shape index (κ2) is 6.51. The Morgan fingerprint density at radius 3 is 3.00 bits per heavy atom. The third-order valence-electron chi connectivity index (χ3n) is 4.17. The summed E-state index contributed by atoms with van der Waals surface area (Å²) in [5.74, 6) is 1.66. The molecule has 4 N–H and O–H groups in total. The van der Waals surface area contributed by atoms with Crippen molar-refractivity contribution in [3.63, 3.8) is 0 Å². The Balaban J connectivity index is 1.74. The van der Waals surface area contributed by atoms with Gasteiger partial charge in [-0.2, -0.15) is 0 Å². The number of carbonyl (C=O) groups excluding carboxylic acids is 1. The van der Waals surface area contributed by atoms with Gasteiger partial charge in [-0.15, -0.1) is 4.52 Å². The van der Waals surface area contributed by atoms with Crippen LogP contribution in [0.4, 0.5) is 17.3 Å². The molecular formula is C17H20N7O2+. The van der Waals surface area contributed by atoms with Crippen molar-refractivity contribution < 1.29 is 14.0 Å². The number of hydrogen-bond donors (Lipinski definition) is 4. The average Bonchev–Trinajstić information content (AvgIpc) is 3.37. The zero-order chi connectivity index (χ0) is 18.1. The highest BCUT2D eigenvalue weighted by molar-refractivity contribution is 5.99. The first-order chi connectivity index (χ1) is 12.7. The Morgan fingerprint density at radius 2 is 2.27 bits per heavy atom. The normalized spacial score (nSPS) is 13.5. The Morgan fingerprint density at radius 1 is 1.42 bits per heavy atom. The molecule has 0 radical (unpaired) electrons. The monoisotopic (exact) mass is 354 g/mol. The van der Waals surface area contributed by atoms with Crippen LogP contribution in [0.1, 0.15) is 23.2 Å². The van der Waals surface area contributed by atoms with Crippen LogP contribution in [0, 0.1) is 0 Å². The second-order valence-corrected chi connectivity index (χ2v) is 6.06. The summed E-state index contributed by atoms with van der Waals surface area (Å²) in [5.41, 5.74) is 1.71. The number of anilines is 3. The van der Waals surface area contributed by atoms with Gasteiger partial charge in [-0.1, -0.05) is 4.98 Å². The van der Waals surface area contributed by atoms with Crippen molar-refractivity contribution in [1.29, 1.82) is 0 Å². The molecule has 1 saturated carbocycles. The van der Waals surface area contributed by atoms with Gasteiger partial charge < -0.3 is 20.7 Å². The zero-order valence-corrected chi connectivity index (χ0v) is 14.5. The molecule has 1 amide bonds. The van der Waals surface area contributed by atoms with Crippen LogP contribution < -0.4 is 25.2 Å². The van der Waals surface area contributed by atoms with Gasteiger partial charge in [0.05, 0.1) is 19.4 Å². The summed E-state index contributed by atoms with van der Waals surface area (Å²) in [4.78, 5) is 21.3. The predicted octanol–water partition coefficient (Wildman–Crippen LogP) is 1.23. The van der Waals surface area contributed by atoms with E-state index in [9.17, 15) is 4.79 Å². The maximum Gasteiger partial charge on any atom is 0.301 e. The zero-order valence-electron chi connectivity index (χ0n) is 14.5. The number of rotatable bonds is 6. The minimum Gasteiger partial charge on any atom is -0.480 e. The van der Waals surface area contributed by atoms with Gasteiger partial charge in [-0.25, -0.2) is 4.98 Å². The molecule has 0 spiro atoms. The van der Waals surface area contributed by atoms with Gasteiger partial charge in [-0.05, 0) is 25.0 Å². The first-order valence-electron chi connectivity index (χ1n) is 8.38. The van der Waals surface area contributed by atoms with E-state index in [1.165, 1.54) is 0 Å². The Kier molecular flexibility index (Phi) is 4.04. The molecule has 0 bridgehead atoms. The number of aromatic amines is 1. The van der Waals surface area contributed by atoms with Crippen LogP contribution in [0.25, 0.3) is 5.65 Å². The van der Waals surface area contributed by atoms with Gasteiger partial charge >= 0.3 is 5.65 Å². The third-order valence-corrected chi connectivity index (χ3v) is 4.17. The van der Waals surface area contributed by atoms with E-state index in [0.717, 1.165) is 18.7 Å². The van der Waals surface area contributed by atoms with E-state index in [1.807, 2.05) is 18.2 Å². The summed E-state index contributed by atoms with van der Waals surface area (Å²) in [6.45, 7) is 0. The van der Waals surface area contributed by atoms with E-state index in [0.29, 0.717) is 28.6 Å². The number of pyridine rings is 1. The molecule has 0 aromatic carbocycles. The van der Waals surface area contributed by atoms with Gasteiger partial charge in [-0.3, -0.25) is 9.89 Å². The SMILES string of the molecule is CNc1cc(Nc2cccnc2OC)nc2c(C(=O)NC3CC3)c[nH][n+]12. The summed E-state index contributed by atoms with van der Waals surface area (Å²) in [6, 6.07) is 5.77. The average molecular weight is 354 g/mol. The quantitative estimate of drug-likeness (QED) is 0.496. The molecular weight excluding hydrogens is 334 g/mol. The van der Waals surface area contributed by atoms with Crippen molar-refractivity contribution in [2.75, 3.05) is 24.8 Å². The molecule has 26 heavy (non-hydrogen) atoms. The Labute approximate surface area is 149 Å². The number of H-pyrrole nitrogens is 1. The van der Waals surface area contributed by atoms with Crippen LogP contribution in [0.2, 0.25) is 0 Å². The Hall–Kier alpha value is -3.36. The number of nitrogens with one attached hydrogen (secondary N) is 4. The van der Waals surface area contributed by atoms with Crippen molar-refractivity contribution in [2.24, 2.45) is 0 Å². The third kappa shape index (κ3) is 2.99. The van der Waals surface area contributed by atoms with Crippen LogP contribution in [0.3, 0.4) is 0 Å². The molecule has 1 fully saturated rings. The van der Waals surface area contributed by atoms with Crippen molar-refractivity contribution in [1.82, 2.24) is 20.4 Å². The summed E-state index contributed by atoms with van der Waals surface area (Å²) < 4.78 is 7.00. The van der Waals surface area contributed by atoms with Crippen molar-refractivity contribution in [2.45, 2.75) is 18.9 Å². The molecule has 3 heterocycles. The fraction of sp³-hybridized carbons (Fsp3) is 0.294. The smallest absolute Gasteiger partial charge is 0.301 e.